The van der Waals surface area contributed by atoms with Crippen molar-refractivity contribution in [3.05, 3.63) is 24.3 Å². The van der Waals surface area contributed by atoms with Crippen LogP contribution in [-0.2, 0) is 14.8 Å². The topological polar surface area (TPSA) is 92.7 Å². The first kappa shape index (κ1) is 17.5. The van der Waals surface area contributed by atoms with Gasteiger partial charge in [0.15, 0.2) is 0 Å². The minimum Gasteiger partial charge on any atom is -0.494 e. The van der Waals surface area contributed by atoms with Crippen LogP contribution in [0.25, 0.3) is 0 Å². The first-order valence-electron chi connectivity index (χ1n) is 6.70. The fraction of sp³-hybridized carbons (Fsp3) is 0.500. The number of sulfonamides is 1. The summed E-state index contributed by atoms with van der Waals surface area (Å²) in [6, 6.07) is 4.71. The number of nitrogens with one attached hydrogen (secondary N) is 1. The zero-order chi connectivity index (χ0) is 16.0. The van der Waals surface area contributed by atoms with Gasteiger partial charge >= 0.3 is 5.97 Å². The molecule has 118 valence electrons. The second-order valence-corrected chi connectivity index (χ2v) is 6.90. The number of carboxylic acid groups (broad SMARTS) is 1. The summed E-state index contributed by atoms with van der Waals surface area (Å²) in [6.07, 6.45) is 0.914. The molecule has 0 heterocycles. The standard InChI is InChI=1S/C14H21NO5S/c1-10(2)8-9-20-12-4-6-13(7-5-12)21(18,19)15-11(3)14(16)17/h4-7,10-11,15H,8-9H2,1-3H3,(H,16,17)/t11-/m1/s1. The van der Waals surface area contributed by atoms with Crippen LogP contribution in [0.5, 0.6) is 5.75 Å². The van der Waals surface area contributed by atoms with Crippen LogP contribution >= 0.6 is 0 Å². The molecule has 0 aliphatic rings. The van der Waals surface area contributed by atoms with Gasteiger partial charge in [0.25, 0.3) is 0 Å². The molecule has 1 atom stereocenters. The number of carboxylic acids is 1. The summed E-state index contributed by atoms with van der Waals surface area (Å²) < 4.78 is 31.5. The monoisotopic (exact) mass is 315 g/mol. The Morgan fingerprint density at radius 2 is 1.81 bits per heavy atom. The number of ether oxygens (including phenoxy) is 1. The van der Waals surface area contributed by atoms with E-state index in [4.69, 9.17) is 9.84 Å². The van der Waals surface area contributed by atoms with Gasteiger partial charge in [-0.25, -0.2) is 8.42 Å². The van der Waals surface area contributed by atoms with Crippen molar-refractivity contribution in [1.29, 1.82) is 0 Å². The Balaban J connectivity index is 2.70. The van der Waals surface area contributed by atoms with Gasteiger partial charge in [0, 0.05) is 0 Å². The van der Waals surface area contributed by atoms with E-state index in [0.29, 0.717) is 18.3 Å². The normalized spacial score (nSPS) is 13.1. The van der Waals surface area contributed by atoms with Crippen LogP contribution in [0.3, 0.4) is 0 Å². The Kier molecular flexibility index (Phi) is 6.17. The number of hydrogen-bond donors (Lipinski definition) is 2. The zero-order valence-electron chi connectivity index (χ0n) is 12.4. The summed E-state index contributed by atoms with van der Waals surface area (Å²) in [5.41, 5.74) is 0. The Labute approximate surface area is 125 Å². The van der Waals surface area contributed by atoms with Crippen molar-refractivity contribution in [3.8, 4) is 5.75 Å². The molecule has 0 saturated carbocycles. The first-order valence-corrected chi connectivity index (χ1v) is 8.18. The fourth-order valence-electron chi connectivity index (χ4n) is 1.48. The predicted octanol–water partition coefficient (Wildman–Crippen LogP) is 1.86. The Bertz CT molecular complexity index is 566. The molecule has 0 aliphatic heterocycles. The van der Waals surface area contributed by atoms with Gasteiger partial charge in [-0.1, -0.05) is 13.8 Å². The molecule has 0 radical (unpaired) electrons. The molecule has 2 N–H and O–H groups in total. The molecule has 0 aliphatic carbocycles. The average molecular weight is 315 g/mol. The van der Waals surface area contributed by atoms with Gasteiger partial charge in [-0.15, -0.1) is 0 Å². The van der Waals surface area contributed by atoms with Crippen molar-refractivity contribution in [1.82, 2.24) is 4.72 Å². The lowest BCUT2D eigenvalue weighted by Crippen LogP contribution is -2.38. The van der Waals surface area contributed by atoms with E-state index in [-0.39, 0.29) is 4.90 Å². The summed E-state index contributed by atoms with van der Waals surface area (Å²) in [6.45, 7) is 6.02. The molecule has 7 heteroatoms. The number of carbonyl (C=O) groups is 1. The van der Waals surface area contributed by atoms with Gasteiger partial charge in [0.2, 0.25) is 10.0 Å². The molecule has 21 heavy (non-hydrogen) atoms. The second kappa shape index (κ2) is 7.42. The van der Waals surface area contributed by atoms with E-state index in [1.807, 2.05) is 0 Å². The SMILES string of the molecule is CC(C)CCOc1ccc(S(=O)(=O)N[C@H](C)C(=O)O)cc1. The van der Waals surface area contributed by atoms with Crippen LogP contribution in [0.4, 0.5) is 0 Å². The highest BCUT2D eigenvalue weighted by Crippen LogP contribution is 2.17. The maximum absolute atomic E-state index is 11.9. The van der Waals surface area contributed by atoms with Crippen LogP contribution in [0.1, 0.15) is 27.2 Å². The quantitative estimate of drug-likeness (QED) is 0.764. The zero-order valence-corrected chi connectivity index (χ0v) is 13.2. The highest BCUT2D eigenvalue weighted by Gasteiger charge is 2.21. The number of aliphatic carboxylic acids is 1. The molecule has 0 aromatic heterocycles. The van der Waals surface area contributed by atoms with Gasteiger partial charge in [-0.3, -0.25) is 4.79 Å². The van der Waals surface area contributed by atoms with Crippen LogP contribution in [-0.4, -0.2) is 32.1 Å². The molecule has 0 unspecified atom stereocenters. The van der Waals surface area contributed by atoms with Gasteiger partial charge in [-0.05, 0) is 43.5 Å². The van der Waals surface area contributed by atoms with Gasteiger partial charge in [0.1, 0.15) is 11.8 Å². The van der Waals surface area contributed by atoms with Crippen molar-refractivity contribution in [2.24, 2.45) is 5.92 Å². The van der Waals surface area contributed by atoms with E-state index < -0.39 is 22.0 Å². The largest absolute Gasteiger partial charge is 0.494 e. The Morgan fingerprint density at radius 3 is 2.29 bits per heavy atom. The summed E-state index contributed by atoms with van der Waals surface area (Å²) >= 11 is 0. The Hall–Kier alpha value is -1.60. The van der Waals surface area contributed by atoms with E-state index in [9.17, 15) is 13.2 Å². The molecule has 0 spiro atoms. The van der Waals surface area contributed by atoms with E-state index in [2.05, 4.69) is 18.6 Å². The lowest BCUT2D eigenvalue weighted by molar-refractivity contribution is -0.138. The lowest BCUT2D eigenvalue weighted by atomic mass is 10.1. The number of rotatable bonds is 8. The van der Waals surface area contributed by atoms with Gasteiger partial charge < -0.3 is 9.84 Å². The minimum absolute atomic E-state index is 0.00631. The molecule has 0 amide bonds. The minimum atomic E-state index is -3.84. The molecular formula is C14H21NO5S. The summed E-state index contributed by atoms with van der Waals surface area (Å²) in [5.74, 6) is -0.112. The highest BCUT2D eigenvalue weighted by molar-refractivity contribution is 7.89. The molecule has 0 bridgehead atoms. The van der Waals surface area contributed by atoms with E-state index in [0.717, 1.165) is 6.42 Å². The Morgan fingerprint density at radius 1 is 1.24 bits per heavy atom. The van der Waals surface area contributed by atoms with Crippen molar-refractivity contribution < 1.29 is 23.1 Å². The maximum atomic E-state index is 11.9. The summed E-state index contributed by atoms with van der Waals surface area (Å²) in [4.78, 5) is 10.7. The molecular weight excluding hydrogens is 294 g/mol. The van der Waals surface area contributed by atoms with Crippen molar-refractivity contribution >= 4 is 16.0 Å². The second-order valence-electron chi connectivity index (χ2n) is 5.18. The van der Waals surface area contributed by atoms with Crippen molar-refractivity contribution in [3.63, 3.8) is 0 Å². The third-order valence-corrected chi connectivity index (χ3v) is 4.36. The fourth-order valence-corrected chi connectivity index (χ4v) is 2.68. The smallest absolute Gasteiger partial charge is 0.321 e. The predicted molar refractivity (Wildman–Crippen MR) is 78.8 cm³/mol. The van der Waals surface area contributed by atoms with Crippen LogP contribution in [0.2, 0.25) is 0 Å². The van der Waals surface area contributed by atoms with Crippen LogP contribution in [0.15, 0.2) is 29.2 Å². The molecule has 0 fully saturated rings. The van der Waals surface area contributed by atoms with E-state index in [1.165, 1.54) is 19.1 Å². The third kappa shape index (κ3) is 5.73. The molecule has 6 nitrogen and oxygen atoms in total. The third-order valence-electron chi connectivity index (χ3n) is 2.80. The highest BCUT2D eigenvalue weighted by atomic mass is 32.2. The van der Waals surface area contributed by atoms with Crippen LogP contribution < -0.4 is 9.46 Å². The maximum Gasteiger partial charge on any atom is 0.321 e. The van der Waals surface area contributed by atoms with Crippen molar-refractivity contribution in [2.45, 2.75) is 38.1 Å². The van der Waals surface area contributed by atoms with Crippen molar-refractivity contribution in [2.75, 3.05) is 6.61 Å². The molecule has 1 aromatic rings. The number of benzene rings is 1. The molecule has 1 rings (SSSR count). The summed E-state index contributed by atoms with van der Waals surface area (Å²) in [7, 11) is -3.84. The number of hydrogen-bond acceptors (Lipinski definition) is 4. The van der Waals surface area contributed by atoms with E-state index >= 15 is 0 Å². The summed E-state index contributed by atoms with van der Waals surface area (Å²) in [5, 5.41) is 8.73. The lowest BCUT2D eigenvalue weighted by Gasteiger charge is -2.11. The average Bonchev–Trinajstić information content (AvgIpc) is 2.38. The molecule has 1 aromatic carbocycles. The van der Waals surface area contributed by atoms with Crippen LogP contribution in [0, 0.1) is 5.92 Å². The molecule has 0 saturated heterocycles. The van der Waals surface area contributed by atoms with Gasteiger partial charge in [-0.2, -0.15) is 4.72 Å². The van der Waals surface area contributed by atoms with Gasteiger partial charge in [0.05, 0.1) is 11.5 Å². The first-order chi connectivity index (χ1) is 9.72. The van der Waals surface area contributed by atoms with E-state index in [1.54, 1.807) is 12.1 Å².